The Bertz CT molecular complexity index is 642. The summed E-state index contributed by atoms with van der Waals surface area (Å²) in [4.78, 5) is 12.6. The normalized spacial score (nSPS) is 10.4. The van der Waals surface area contributed by atoms with Crippen LogP contribution in [0.15, 0.2) is 36.4 Å². The van der Waals surface area contributed by atoms with Crippen molar-refractivity contribution in [1.29, 1.82) is 0 Å². The summed E-state index contributed by atoms with van der Waals surface area (Å²) in [5.41, 5.74) is 4.98. The van der Waals surface area contributed by atoms with E-state index in [0.717, 1.165) is 16.7 Å². The van der Waals surface area contributed by atoms with Gasteiger partial charge in [-0.1, -0.05) is 35.9 Å². The number of ether oxygens (including phenoxy) is 1. The molecule has 0 aromatic heterocycles. The van der Waals surface area contributed by atoms with E-state index < -0.39 is 0 Å². The van der Waals surface area contributed by atoms with Gasteiger partial charge in [0.2, 0.25) is 0 Å². The number of rotatable bonds is 4. The lowest BCUT2D eigenvalue weighted by atomic mass is 9.96. The van der Waals surface area contributed by atoms with Crippen molar-refractivity contribution in [3.8, 4) is 5.75 Å². The van der Waals surface area contributed by atoms with Crippen LogP contribution in [0.5, 0.6) is 5.75 Å². The van der Waals surface area contributed by atoms with Crippen LogP contribution < -0.4 is 4.74 Å². The molecule has 0 aliphatic rings. The number of carbonyl (C=O) groups is 1. The van der Waals surface area contributed by atoms with E-state index in [9.17, 15) is 4.79 Å². The number of methoxy groups -OCH3 is 1. The van der Waals surface area contributed by atoms with Crippen LogP contribution in [0.3, 0.4) is 0 Å². The molecule has 104 valence electrons. The minimum absolute atomic E-state index is 0.102. The molecule has 0 fully saturated rings. The second-order valence-electron chi connectivity index (χ2n) is 5.25. The highest BCUT2D eigenvalue weighted by atomic mass is 16.5. The van der Waals surface area contributed by atoms with Crippen molar-refractivity contribution >= 4 is 5.78 Å². The third-order valence-corrected chi connectivity index (χ3v) is 3.39. The monoisotopic (exact) mass is 268 g/mol. The first-order chi connectivity index (χ1) is 9.51. The summed E-state index contributed by atoms with van der Waals surface area (Å²) in [6.07, 6.45) is 0.405. The standard InChI is InChI=1S/C18H20O2/c1-12-6-5-7-15(9-12)11-16(19)18-14(3)8-13(2)10-17(18)20-4/h5-10H,11H2,1-4H3. The molecule has 0 amide bonds. The van der Waals surface area contributed by atoms with Crippen LogP contribution in [0.4, 0.5) is 0 Å². The van der Waals surface area contributed by atoms with Gasteiger partial charge < -0.3 is 4.74 Å². The number of benzene rings is 2. The van der Waals surface area contributed by atoms with Gasteiger partial charge in [-0.25, -0.2) is 0 Å². The number of ketones is 1. The molecule has 0 N–H and O–H groups in total. The van der Waals surface area contributed by atoms with Crippen LogP contribution in [0.1, 0.15) is 32.6 Å². The first kappa shape index (κ1) is 14.3. The zero-order chi connectivity index (χ0) is 14.7. The van der Waals surface area contributed by atoms with E-state index >= 15 is 0 Å². The lowest BCUT2D eigenvalue weighted by Gasteiger charge is -2.12. The van der Waals surface area contributed by atoms with E-state index in [1.807, 2.05) is 57.2 Å². The zero-order valence-electron chi connectivity index (χ0n) is 12.5. The molecule has 0 atom stereocenters. The predicted octanol–water partition coefficient (Wildman–Crippen LogP) is 4.05. The minimum atomic E-state index is 0.102. The van der Waals surface area contributed by atoms with E-state index in [4.69, 9.17) is 4.74 Å². The molecule has 0 spiro atoms. The second kappa shape index (κ2) is 5.91. The smallest absolute Gasteiger partial charge is 0.171 e. The molecular formula is C18H20O2. The Hall–Kier alpha value is -2.09. The fraction of sp³-hybridized carbons (Fsp3) is 0.278. The average Bonchev–Trinajstić information content (AvgIpc) is 2.37. The van der Waals surface area contributed by atoms with Crippen molar-refractivity contribution in [3.05, 3.63) is 64.2 Å². The second-order valence-corrected chi connectivity index (χ2v) is 5.25. The lowest BCUT2D eigenvalue weighted by Crippen LogP contribution is -2.08. The van der Waals surface area contributed by atoms with Gasteiger partial charge in [0.25, 0.3) is 0 Å². The molecule has 0 unspecified atom stereocenters. The molecule has 0 radical (unpaired) electrons. The Balaban J connectivity index is 2.34. The molecule has 2 aromatic carbocycles. The highest BCUT2D eigenvalue weighted by Crippen LogP contribution is 2.25. The molecule has 0 saturated heterocycles. The van der Waals surface area contributed by atoms with Crippen molar-refractivity contribution in [2.45, 2.75) is 27.2 Å². The fourth-order valence-electron chi connectivity index (χ4n) is 2.54. The summed E-state index contributed by atoms with van der Waals surface area (Å²) < 4.78 is 5.37. The summed E-state index contributed by atoms with van der Waals surface area (Å²) in [5.74, 6) is 0.769. The van der Waals surface area contributed by atoms with Gasteiger partial charge in [-0.15, -0.1) is 0 Å². The molecule has 0 heterocycles. The topological polar surface area (TPSA) is 26.3 Å². The SMILES string of the molecule is COc1cc(C)cc(C)c1C(=O)Cc1cccc(C)c1. The van der Waals surface area contributed by atoms with Crippen molar-refractivity contribution in [2.75, 3.05) is 7.11 Å². The quantitative estimate of drug-likeness (QED) is 0.782. The average molecular weight is 268 g/mol. The largest absolute Gasteiger partial charge is 0.496 e. The van der Waals surface area contributed by atoms with E-state index in [1.165, 1.54) is 5.56 Å². The van der Waals surface area contributed by atoms with Gasteiger partial charge in [0.05, 0.1) is 12.7 Å². The first-order valence-electron chi connectivity index (χ1n) is 6.75. The van der Waals surface area contributed by atoms with Crippen molar-refractivity contribution in [1.82, 2.24) is 0 Å². The lowest BCUT2D eigenvalue weighted by molar-refractivity contribution is 0.0989. The van der Waals surface area contributed by atoms with E-state index in [1.54, 1.807) is 7.11 Å². The van der Waals surface area contributed by atoms with Gasteiger partial charge in [0.1, 0.15) is 5.75 Å². The molecule has 0 aliphatic heterocycles. The molecular weight excluding hydrogens is 248 g/mol. The predicted molar refractivity (Wildman–Crippen MR) is 81.7 cm³/mol. The number of Topliss-reactive ketones (excluding diaryl/α,β-unsaturated/α-hetero) is 1. The Morgan fingerprint density at radius 3 is 2.45 bits per heavy atom. The molecule has 2 heteroatoms. The summed E-state index contributed by atoms with van der Waals surface area (Å²) in [6.45, 7) is 6.00. The summed E-state index contributed by atoms with van der Waals surface area (Å²) in [7, 11) is 1.61. The van der Waals surface area contributed by atoms with Crippen LogP contribution >= 0.6 is 0 Å². The molecule has 0 saturated carbocycles. The molecule has 0 aliphatic carbocycles. The highest BCUT2D eigenvalue weighted by Gasteiger charge is 2.16. The fourth-order valence-corrected chi connectivity index (χ4v) is 2.54. The Morgan fingerprint density at radius 2 is 1.80 bits per heavy atom. The van der Waals surface area contributed by atoms with Crippen molar-refractivity contribution in [2.24, 2.45) is 0 Å². The molecule has 0 bridgehead atoms. The third kappa shape index (κ3) is 3.08. The van der Waals surface area contributed by atoms with E-state index in [0.29, 0.717) is 17.7 Å². The number of hydrogen-bond acceptors (Lipinski definition) is 2. The molecule has 20 heavy (non-hydrogen) atoms. The van der Waals surface area contributed by atoms with E-state index in [2.05, 4.69) is 0 Å². The summed E-state index contributed by atoms with van der Waals surface area (Å²) in [5, 5.41) is 0. The van der Waals surface area contributed by atoms with Crippen molar-refractivity contribution in [3.63, 3.8) is 0 Å². The third-order valence-electron chi connectivity index (χ3n) is 3.39. The maximum absolute atomic E-state index is 12.6. The zero-order valence-corrected chi connectivity index (χ0v) is 12.5. The number of aryl methyl sites for hydroxylation is 3. The van der Waals surface area contributed by atoms with Gasteiger partial charge in [-0.2, -0.15) is 0 Å². The summed E-state index contributed by atoms with van der Waals surface area (Å²) >= 11 is 0. The number of hydrogen-bond donors (Lipinski definition) is 0. The van der Waals surface area contributed by atoms with Gasteiger partial charge in [0, 0.05) is 6.42 Å². The molecule has 2 rings (SSSR count). The van der Waals surface area contributed by atoms with Crippen LogP contribution in [0.25, 0.3) is 0 Å². The van der Waals surface area contributed by atoms with Gasteiger partial charge in [-0.05, 0) is 43.5 Å². The Kier molecular flexibility index (Phi) is 4.23. The van der Waals surface area contributed by atoms with Gasteiger partial charge in [0.15, 0.2) is 5.78 Å². The van der Waals surface area contributed by atoms with Crippen LogP contribution in [-0.2, 0) is 6.42 Å². The molecule has 2 nitrogen and oxygen atoms in total. The maximum Gasteiger partial charge on any atom is 0.171 e. The van der Waals surface area contributed by atoms with Gasteiger partial charge in [-0.3, -0.25) is 4.79 Å². The Morgan fingerprint density at radius 1 is 1.05 bits per heavy atom. The highest BCUT2D eigenvalue weighted by molar-refractivity contribution is 6.01. The van der Waals surface area contributed by atoms with Crippen LogP contribution in [-0.4, -0.2) is 12.9 Å². The maximum atomic E-state index is 12.6. The Labute approximate surface area is 120 Å². The van der Waals surface area contributed by atoms with E-state index in [-0.39, 0.29) is 5.78 Å². The summed E-state index contributed by atoms with van der Waals surface area (Å²) in [6, 6.07) is 12.0. The molecule has 2 aromatic rings. The number of carbonyl (C=O) groups excluding carboxylic acids is 1. The van der Waals surface area contributed by atoms with Crippen LogP contribution in [0.2, 0.25) is 0 Å². The first-order valence-corrected chi connectivity index (χ1v) is 6.75. The minimum Gasteiger partial charge on any atom is -0.496 e. The van der Waals surface area contributed by atoms with Crippen molar-refractivity contribution < 1.29 is 9.53 Å². The van der Waals surface area contributed by atoms with Crippen LogP contribution in [0, 0.1) is 20.8 Å². The van der Waals surface area contributed by atoms with Gasteiger partial charge >= 0.3 is 0 Å².